The van der Waals surface area contributed by atoms with Crippen molar-refractivity contribution in [1.82, 2.24) is 4.98 Å². The number of nitrogens with zero attached hydrogens (tertiary/aromatic N) is 2. The lowest BCUT2D eigenvalue weighted by Gasteiger charge is -1.98. The average Bonchev–Trinajstić information content (AvgIpc) is 2.72. The molecule has 0 amide bonds. The van der Waals surface area contributed by atoms with E-state index in [2.05, 4.69) is 32.4 Å². The molecule has 2 nitrogen and oxygen atoms in total. The SMILES string of the molecule is N#CC1(c2csc(-c3cscc3Br)n2)CC1. The second kappa shape index (κ2) is 3.66. The van der Waals surface area contributed by atoms with Crippen LogP contribution in [0.4, 0.5) is 0 Å². The van der Waals surface area contributed by atoms with E-state index in [0.29, 0.717) is 0 Å². The zero-order chi connectivity index (χ0) is 11.2. The molecule has 2 aromatic rings. The average molecular weight is 311 g/mol. The number of rotatable bonds is 2. The number of thiophene rings is 1. The van der Waals surface area contributed by atoms with Crippen molar-refractivity contribution in [2.24, 2.45) is 0 Å². The summed E-state index contributed by atoms with van der Waals surface area (Å²) in [6, 6.07) is 2.38. The highest BCUT2D eigenvalue weighted by atomic mass is 79.9. The fourth-order valence-corrected chi connectivity index (χ4v) is 4.22. The van der Waals surface area contributed by atoms with Gasteiger partial charge >= 0.3 is 0 Å². The third-order valence-corrected chi connectivity index (χ3v) is 5.38. The van der Waals surface area contributed by atoms with Crippen molar-refractivity contribution in [2.75, 3.05) is 0 Å². The first-order valence-corrected chi connectivity index (χ1v) is 7.46. The lowest BCUT2D eigenvalue weighted by atomic mass is 10.1. The van der Waals surface area contributed by atoms with Crippen LogP contribution in [-0.2, 0) is 5.41 Å². The van der Waals surface area contributed by atoms with Crippen molar-refractivity contribution in [3.8, 4) is 16.6 Å². The Kier molecular flexibility index (Phi) is 2.39. The quantitative estimate of drug-likeness (QED) is 0.834. The van der Waals surface area contributed by atoms with Crippen molar-refractivity contribution in [3.63, 3.8) is 0 Å². The monoisotopic (exact) mass is 310 g/mol. The Balaban J connectivity index is 2.01. The smallest absolute Gasteiger partial charge is 0.125 e. The van der Waals surface area contributed by atoms with E-state index in [4.69, 9.17) is 5.26 Å². The number of halogens is 1. The maximum absolute atomic E-state index is 9.11. The Labute approximate surface area is 110 Å². The highest BCUT2D eigenvalue weighted by Gasteiger charge is 2.47. The fourth-order valence-electron chi connectivity index (χ4n) is 1.60. The number of thiazole rings is 1. The number of nitriles is 1. The van der Waals surface area contributed by atoms with Crippen LogP contribution in [0.3, 0.4) is 0 Å². The molecular formula is C11H7BrN2S2. The zero-order valence-corrected chi connectivity index (χ0v) is 11.5. The van der Waals surface area contributed by atoms with Crippen molar-refractivity contribution in [3.05, 3.63) is 26.3 Å². The number of aromatic nitrogens is 1. The molecule has 0 N–H and O–H groups in total. The lowest BCUT2D eigenvalue weighted by Crippen LogP contribution is -2.02. The first-order valence-electron chi connectivity index (χ1n) is 4.84. The molecule has 0 spiro atoms. The summed E-state index contributed by atoms with van der Waals surface area (Å²) in [7, 11) is 0. The van der Waals surface area contributed by atoms with Crippen molar-refractivity contribution in [1.29, 1.82) is 5.26 Å². The molecule has 3 rings (SSSR count). The molecule has 2 heterocycles. The van der Waals surface area contributed by atoms with Gasteiger partial charge in [-0.05, 0) is 28.8 Å². The molecule has 80 valence electrons. The number of hydrogen-bond acceptors (Lipinski definition) is 4. The van der Waals surface area contributed by atoms with Gasteiger partial charge in [-0.3, -0.25) is 0 Å². The summed E-state index contributed by atoms with van der Waals surface area (Å²) in [6.45, 7) is 0. The van der Waals surface area contributed by atoms with Gasteiger partial charge in [0, 0.05) is 26.2 Å². The van der Waals surface area contributed by atoms with Gasteiger partial charge in [0.25, 0.3) is 0 Å². The Morgan fingerprint density at radius 2 is 2.19 bits per heavy atom. The third kappa shape index (κ3) is 1.53. The number of hydrogen-bond donors (Lipinski definition) is 0. The molecule has 0 aromatic carbocycles. The molecule has 2 aromatic heterocycles. The Hall–Kier alpha value is -0.700. The van der Waals surface area contributed by atoms with Gasteiger partial charge < -0.3 is 0 Å². The topological polar surface area (TPSA) is 36.7 Å². The van der Waals surface area contributed by atoms with Crippen LogP contribution in [0.25, 0.3) is 10.6 Å². The van der Waals surface area contributed by atoms with Gasteiger partial charge in [-0.1, -0.05) is 0 Å². The second-order valence-corrected chi connectivity index (χ2v) is 6.32. The highest BCUT2D eigenvalue weighted by Crippen LogP contribution is 2.48. The zero-order valence-electron chi connectivity index (χ0n) is 8.24. The Bertz CT molecular complexity index is 575. The third-order valence-electron chi connectivity index (χ3n) is 2.80. The molecule has 0 aliphatic heterocycles. The summed E-state index contributed by atoms with van der Waals surface area (Å²) in [6.07, 6.45) is 1.91. The summed E-state index contributed by atoms with van der Waals surface area (Å²) >= 11 is 6.78. The summed E-state index contributed by atoms with van der Waals surface area (Å²) in [5.74, 6) is 0. The normalized spacial score (nSPS) is 17.0. The van der Waals surface area contributed by atoms with Crippen molar-refractivity contribution < 1.29 is 0 Å². The van der Waals surface area contributed by atoms with Crippen LogP contribution in [0.5, 0.6) is 0 Å². The molecule has 5 heteroatoms. The molecule has 1 saturated carbocycles. The van der Waals surface area contributed by atoms with Crippen LogP contribution < -0.4 is 0 Å². The van der Waals surface area contributed by atoms with Crippen LogP contribution >= 0.6 is 38.6 Å². The fraction of sp³-hybridized carbons (Fsp3) is 0.273. The van der Waals surface area contributed by atoms with Crippen LogP contribution in [0.2, 0.25) is 0 Å². The van der Waals surface area contributed by atoms with Crippen LogP contribution in [-0.4, -0.2) is 4.98 Å². The standard InChI is InChI=1S/C11H7BrN2S2/c12-8-4-15-3-7(8)10-14-9(5-16-10)11(6-13)1-2-11/h3-5H,1-2H2. The molecule has 0 radical (unpaired) electrons. The minimum Gasteiger partial charge on any atom is -0.239 e. The predicted octanol–water partition coefficient (Wildman–Crippen LogP) is 4.19. The molecule has 1 fully saturated rings. The van der Waals surface area contributed by atoms with E-state index >= 15 is 0 Å². The summed E-state index contributed by atoms with van der Waals surface area (Å²) in [5, 5.41) is 16.3. The van der Waals surface area contributed by atoms with Gasteiger partial charge in [-0.15, -0.1) is 11.3 Å². The maximum Gasteiger partial charge on any atom is 0.125 e. The van der Waals surface area contributed by atoms with E-state index in [-0.39, 0.29) is 5.41 Å². The van der Waals surface area contributed by atoms with Crippen molar-refractivity contribution in [2.45, 2.75) is 18.3 Å². The van der Waals surface area contributed by atoms with Crippen LogP contribution in [0, 0.1) is 11.3 Å². The van der Waals surface area contributed by atoms with Crippen molar-refractivity contribution >= 4 is 38.6 Å². The summed E-state index contributed by atoms with van der Waals surface area (Å²) in [5.41, 5.74) is 1.82. The second-order valence-electron chi connectivity index (χ2n) is 3.87. The van der Waals surface area contributed by atoms with E-state index in [1.807, 2.05) is 10.8 Å². The van der Waals surface area contributed by atoms with Crippen LogP contribution in [0.15, 0.2) is 20.6 Å². The molecule has 0 atom stereocenters. The van der Waals surface area contributed by atoms with Gasteiger partial charge in [-0.2, -0.15) is 16.6 Å². The first kappa shape index (κ1) is 10.5. The molecule has 0 bridgehead atoms. The molecule has 1 aliphatic rings. The summed E-state index contributed by atoms with van der Waals surface area (Å²) < 4.78 is 1.08. The highest BCUT2D eigenvalue weighted by molar-refractivity contribution is 9.10. The first-order chi connectivity index (χ1) is 7.75. The molecular weight excluding hydrogens is 304 g/mol. The largest absolute Gasteiger partial charge is 0.239 e. The van der Waals surface area contributed by atoms with Gasteiger partial charge in [0.15, 0.2) is 0 Å². The maximum atomic E-state index is 9.11. The molecule has 1 aliphatic carbocycles. The lowest BCUT2D eigenvalue weighted by molar-refractivity contribution is 0.868. The van der Waals surface area contributed by atoms with E-state index < -0.39 is 0 Å². The molecule has 0 unspecified atom stereocenters. The van der Waals surface area contributed by atoms with E-state index in [1.165, 1.54) is 0 Å². The Morgan fingerprint density at radius 1 is 1.38 bits per heavy atom. The van der Waals surface area contributed by atoms with E-state index in [9.17, 15) is 0 Å². The summed E-state index contributed by atoms with van der Waals surface area (Å²) in [4.78, 5) is 4.59. The minimum absolute atomic E-state index is 0.267. The Morgan fingerprint density at radius 3 is 2.75 bits per heavy atom. The van der Waals surface area contributed by atoms with Gasteiger partial charge in [0.1, 0.15) is 10.4 Å². The van der Waals surface area contributed by atoms with Gasteiger partial charge in [-0.25, -0.2) is 4.98 Å². The van der Waals surface area contributed by atoms with Crippen LogP contribution in [0.1, 0.15) is 18.5 Å². The van der Waals surface area contributed by atoms with E-state index in [0.717, 1.165) is 33.6 Å². The molecule has 16 heavy (non-hydrogen) atoms. The van der Waals surface area contributed by atoms with Gasteiger partial charge in [0.2, 0.25) is 0 Å². The molecule has 0 saturated heterocycles. The van der Waals surface area contributed by atoms with E-state index in [1.54, 1.807) is 22.7 Å². The van der Waals surface area contributed by atoms with Gasteiger partial charge in [0.05, 0.1) is 11.8 Å². The predicted molar refractivity (Wildman–Crippen MR) is 69.7 cm³/mol. The minimum atomic E-state index is -0.267.